The third kappa shape index (κ3) is 3.43. The van der Waals surface area contributed by atoms with Crippen molar-refractivity contribution >= 4 is 17.5 Å². The van der Waals surface area contributed by atoms with Crippen molar-refractivity contribution in [2.45, 2.75) is 45.1 Å². The lowest BCUT2D eigenvalue weighted by Gasteiger charge is -2.26. The third-order valence-corrected chi connectivity index (χ3v) is 4.46. The van der Waals surface area contributed by atoms with Crippen LogP contribution in [-0.2, 0) is 9.59 Å². The van der Waals surface area contributed by atoms with Gasteiger partial charge < -0.3 is 10.6 Å². The highest BCUT2D eigenvalue weighted by molar-refractivity contribution is 5.94. The predicted molar refractivity (Wildman–Crippen MR) is 81.7 cm³/mol. The van der Waals surface area contributed by atoms with Gasteiger partial charge in [-0.3, -0.25) is 9.59 Å². The normalized spacial score (nSPS) is 19.5. The summed E-state index contributed by atoms with van der Waals surface area (Å²) in [6, 6.07) is 7.75. The van der Waals surface area contributed by atoms with Gasteiger partial charge in [0.1, 0.15) is 0 Å². The van der Waals surface area contributed by atoms with Crippen LogP contribution in [0.2, 0.25) is 0 Å². The van der Waals surface area contributed by atoms with E-state index in [0.717, 1.165) is 36.9 Å². The van der Waals surface area contributed by atoms with Crippen LogP contribution in [0.1, 0.15) is 50.6 Å². The summed E-state index contributed by atoms with van der Waals surface area (Å²) in [5, 5.41) is 5.98. The Morgan fingerprint density at radius 3 is 2.14 bits per heavy atom. The molecule has 2 amide bonds. The van der Waals surface area contributed by atoms with Gasteiger partial charge in [0.2, 0.25) is 11.8 Å². The van der Waals surface area contributed by atoms with Gasteiger partial charge in [-0.1, -0.05) is 18.6 Å². The summed E-state index contributed by atoms with van der Waals surface area (Å²) >= 11 is 0. The van der Waals surface area contributed by atoms with Crippen LogP contribution in [-0.4, -0.2) is 11.8 Å². The van der Waals surface area contributed by atoms with E-state index >= 15 is 0 Å². The standard InChI is InChI=1S/C17H22N2O2/c1-11(18-16(20)13-3-2-4-13)12-7-9-15(10-8-12)19-17(21)14-5-6-14/h7-11,13-14H,2-6H2,1H3,(H,18,20)(H,19,21)/t11-/m0/s1. The molecule has 0 aliphatic heterocycles. The Morgan fingerprint density at radius 2 is 1.62 bits per heavy atom. The molecule has 2 fully saturated rings. The number of carbonyl (C=O) groups is 2. The predicted octanol–water partition coefficient (Wildman–Crippen LogP) is 3.01. The third-order valence-electron chi connectivity index (χ3n) is 4.46. The molecule has 3 rings (SSSR count). The number of amides is 2. The van der Waals surface area contributed by atoms with Gasteiger partial charge in [0, 0.05) is 17.5 Å². The van der Waals surface area contributed by atoms with Crippen LogP contribution < -0.4 is 10.6 Å². The molecule has 112 valence electrons. The van der Waals surface area contributed by atoms with Crippen molar-refractivity contribution in [3.63, 3.8) is 0 Å². The fourth-order valence-corrected chi connectivity index (χ4v) is 2.53. The minimum Gasteiger partial charge on any atom is -0.349 e. The van der Waals surface area contributed by atoms with Crippen LogP contribution >= 0.6 is 0 Å². The summed E-state index contributed by atoms with van der Waals surface area (Å²) in [6.07, 6.45) is 5.22. The van der Waals surface area contributed by atoms with Gasteiger partial charge in [-0.05, 0) is 50.3 Å². The second-order valence-electron chi connectivity index (χ2n) is 6.24. The molecule has 0 saturated heterocycles. The molecule has 4 heteroatoms. The zero-order valence-electron chi connectivity index (χ0n) is 12.4. The quantitative estimate of drug-likeness (QED) is 0.874. The summed E-state index contributed by atoms with van der Waals surface area (Å²) in [6.45, 7) is 1.99. The summed E-state index contributed by atoms with van der Waals surface area (Å²) in [7, 11) is 0. The lowest BCUT2D eigenvalue weighted by molar-refractivity contribution is -0.128. The Hall–Kier alpha value is -1.84. The second kappa shape index (κ2) is 5.88. The maximum absolute atomic E-state index is 11.9. The molecule has 2 N–H and O–H groups in total. The molecule has 1 aromatic carbocycles. The minimum absolute atomic E-state index is 0.00582. The summed E-state index contributed by atoms with van der Waals surface area (Å²) in [5.74, 6) is 0.712. The molecule has 0 radical (unpaired) electrons. The summed E-state index contributed by atoms with van der Waals surface area (Å²) in [4.78, 5) is 23.6. The number of hydrogen-bond acceptors (Lipinski definition) is 2. The van der Waals surface area contributed by atoms with Gasteiger partial charge in [0.05, 0.1) is 6.04 Å². The highest BCUT2D eigenvalue weighted by atomic mass is 16.2. The monoisotopic (exact) mass is 286 g/mol. The number of benzene rings is 1. The molecule has 0 heterocycles. The summed E-state index contributed by atoms with van der Waals surface area (Å²) in [5.41, 5.74) is 1.89. The number of rotatable bonds is 5. The highest BCUT2D eigenvalue weighted by Gasteiger charge is 2.29. The molecule has 4 nitrogen and oxygen atoms in total. The van der Waals surface area contributed by atoms with Crippen molar-refractivity contribution in [1.82, 2.24) is 5.32 Å². The first-order valence-corrected chi connectivity index (χ1v) is 7.84. The number of hydrogen-bond donors (Lipinski definition) is 2. The Morgan fingerprint density at radius 1 is 1.00 bits per heavy atom. The number of carbonyl (C=O) groups excluding carboxylic acids is 2. The van der Waals surface area contributed by atoms with Crippen molar-refractivity contribution in [3.8, 4) is 0 Å². The van der Waals surface area contributed by atoms with Gasteiger partial charge >= 0.3 is 0 Å². The van der Waals surface area contributed by atoms with E-state index in [4.69, 9.17) is 0 Å². The summed E-state index contributed by atoms with van der Waals surface area (Å²) < 4.78 is 0. The van der Waals surface area contributed by atoms with Gasteiger partial charge in [-0.2, -0.15) is 0 Å². The van der Waals surface area contributed by atoms with Crippen molar-refractivity contribution in [2.75, 3.05) is 5.32 Å². The SMILES string of the molecule is C[C@H](NC(=O)C1CCC1)c1ccc(NC(=O)C2CC2)cc1. The Balaban J connectivity index is 1.54. The molecule has 2 aliphatic rings. The van der Waals surface area contributed by atoms with Crippen LogP contribution in [0.3, 0.4) is 0 Å². The van der Waals surface area contributed by atoms with Crippen LogP contribution in [0.25, 0.3) is 0 Å². The van der Waals surface area contributed by atoms with E-state index < -0.39 is 0 Å². The maximum atomic E-state index is 11.9. The molecular formula is C17H22N2O2. The Bertz CT molecular complexity index is 530. The minimum atomic E-state index is 0.00582. The van der Waals surface area contributed by atoms with Crippen LogP contribution in [0.15, 0.2) is 24.3 Å². The van der Waals surface area contributed by atoms with Crippen LogP contribution in [0.4, 0.5) is 5.69 Å². The highest BCUT2D eigenvalue weighted by Crippen LogP contribution is 2.30. The van der Waals surface area contributed by atoms with Crippen LogP contribution in [0.5, 0.6) is 0 Å². The second-order valence-corrected chi connectivity index (χ2v) is 6.24. The average molecular weight is 286 g/mol. The fraction of sp³-hybridized carbons (Fsp3) is 0.529. The molecule has 2 aliphatic carbocycles. The number of nitrogens with one attached hydrogen (secondary N) is 2. The topological polar surface area (TPSA) is 58.2 Å². The number of anilines is 1. The van der Waals surface area contributed by atoms with E-state index in [1.165, 1.54) is 6.42 Å². The van der Waals surface area contributed by atoms with Gasteiger partial charge in [0.25, 0.3) is 0 Å². The molecule has 0 unspecified atom stereocenters. The average Bonchev–Trinajstić information content (AvgIpc) is 3.21. The van der Waals surface area contributed by atoms with E-state index in [0.29, 0.717) is 0 Å². The molecule has 2 saturated carbocycles. The first-order valence-electron chi connectivity index (χ1n) is 7.84. The van der Waals surface area contributed by atoms with Crippen molar-refractivity contribution in [1.29, 1.82) is 0 Å². The molecule has 1 atom stereocenters. The van der Waals surface area contributed by atoms with Crippen molar-refractivity contribution in [2.24, 2.45) is 11.8 Å². The van der Waals surface area contributed by atoms with Crippen LogP contribution in [0, 0.1) is 11.8 Å². The first-order chi connectivity index (χ1) is 10.1. The van der Waals surface area contributed by atoms with E-state index in [9.17, 15) is 9.59 Å². The Labute approximate surface area is 125 Å². The van der Waals surface area contributed by atoms with E-state index in [1.54, 1.807) is 0 Å². The Kier molecular flexibility index (Phi) is 3.95. The zero-order chi connectivity index (χ0) is 14.8. The van der Waals surface area contributed by atoms with Crippen molar-refractivity contribution < 1.29 is 9.59 Å². The lowest BCUT2D eigenvalue weighted by Crippen LogP contribution is -2.35. The van der Waals surface area contributed by atoms with E-state index in [1.807, 2.05) is 31.2 Å². The smallest absolute Gasteiger partial charge is 0.227 e. The van der Waals surface area contributed by atoms with E-state index in [2.05, 4.69) is 10.6 Å². The zero-order valence-corrected chi connectivity index (χ0v) is 12.4. The lowest BCUT2D eigenvalue weighted by atomic mass is 9.84. The molecule has 1 aromatic rings. The van der Waals surface area contributed by atoms with E-state index in [-0.39, 0.29) is 29.7 Å². The fourth-order valence-electron chi connectivity index (χ4n) is 2.53. The largest absolute Gasteiger partial charge is 0.349 e. The molecule has 0 aromatic heterocycles. The van der Waals surface area contributed by atoms with Crippen molar-refractivity contribution in [3.05, 3.63) is 29.8 Å². The molecular weight excluding hydrogens is 264 g/mol. The maximum Gasteiger partial charge on any atom is 0.227 e. The molecule has 0 bridgehead atoms. The van der Waals surface area contributed by atoms with Gasteiger partial charge in [-0.15, -0.1) is 0 Å². The van der Waals surface area contributed by atoms with Gasteiger partial charge in [-0.25, -0.2) is 0 Å². The molecule has 21 heavy (non-hydrogen) atoms. The molecule has 0 spiro atoms. The first kappa shape index (κ1) is 14.1. The van der Waals surface area contributed by atoms with Gasteiger partial charge in [0.15, 0.2) is 0 Å².